The lowest BCUT2D eigenvalue weighted by Gasteiger charge is -2.05. The summed E-state index contributed by atoms with van der Waals surface area (Å²) in [5.74, 6) is 0. The van der Waals surface area contributed by atoms with Crippen molar-refractivity contribution in [3.8, 4) is 0 Å². The Balaban J connectivity index is 2.95. The van der Waals surface area contributed by atoms with Crippen molar-refractivity contribution in [1.29, 1.82) is 0 Å². The van der Waals surface area contributed by atoms with Crippen LogP contribution in [0.2, 0.25) is 0 Å². The number of nitrogens with two attached hydrogens (primary N) is 2. The third-order valence-electron chi connectivity index (χ3n) is 0.675. The van der Waals surface area contributed by atoms with E-state index in [0.29, 0.717) is 0 Å². The van der Waals surface area contributed by atoms with E-state index in [0.717, 1.165) is 6.42 Å². The Kier molecular flexibility index (Phi) is 2.96. The van der Waals surface area contributed by atoms with Gasteiger partial charge in [0.05, 0.1) is 0 Å². The fourth-order valence-electron chi connectivity index (χ4n) is 0.478. The first kappa shape index (κ1) is 6.92. The molecule has 2 unspecified atom stereocenters. The first-order valence-electron chi connectivity index (χ1n) is 2.47. The van der Waals surface area contributed by atoms with Crippen molar-refractivity contribution in [3.05, 3.63) is 6.92 Å². The van der Waals surface area contributed by atoms with Crippen molar-refractivity contribution in [2.24, 2.45) is 11.5 Å². The summed E-state index contributed by atoms with van der Waals surface area (Å²) in [7, 11) is 0. The molecular weight excluding hydrogens is 88.1 g/mol. The minimum atomic E-state index is -0.000000000000000444. The standard InChI is InChI=1S/C5H13N2/c1-4(6)3-5(2)7/h4-5H,1,3,6-7H2,2H3. The van der Waals surface area contributed by atoms with Gasteiger partial charge in [0, 0.05) is 12.1 Å². The van der Waals surface area contributed by atoms with Crippen LogP contribution in [0.4, 0.5) is 0 Å². The van der Waals surface area contributed by atoms with E-state index in [9.17, 15) is 0 Å². The van der Waals surface area contributed by atoms with E-state index in [4.69, 9.17) is 11.5 Å². The summed E-state index contributed by atoms with van der Waals surface area (Å²) < 4.78 is 0. The molecule has 0 aliphatic carbocycles. The second-order valence-electron chi connectivity index (χ2n) is 1.97. The van der Waals surface area contributed by atoms with Crippen LogP contribution in [0.1, 0.15) is 13.3 Å². The van der Waals surface area contributed by atoms with E-state index < -0.39 is 0 Å². The monoisotopic (exact) mass is 101 g/mol. The Morgan fingerprint density at radius 2 is 2.00 bits per heavy atom. The van der Waals surface area contributed by atoms with Gasteiger partial charge in [0.15, 0.2) is 0 Å². The van der Waals surface area contributed by atoms with Gasteiger partial charge in [0.25, 0.3) is 0 Å². The highest BCUT2D eigenvalue weighted by molar-refractivity contribution is 4.67. The Bertz CT molecular complexity index is 35.3. The van der Waals surface area contributed by atoms with E-state index in [2.05, 4.69) is 6.92 Å². The molecule has 0 bridgehead atoms. The summed E-state index contributed by atoms with van der Waals surface area (Å²) in [6.45, 7) is 5.50. The zero-order valence-corrected chi connectivity index (χ0v) is 4.72. The van der Waals surface area contributed by atoms with E-state index in [1.807, 2.05) is 6.92 Å². The molecule has 4 N–H and O–H groups in total. The van der Waals surface area contributed by atoms with Gasteiger partial charge >= 0.3 is 0 Å². The van der Waals surface area contributed by atoms with E-state index in [-0.39, 0.29) is 12.1 Å². The molecule has 0 aromatic carbocycles. The molecule has 0 saturated heterocycles. The number of hydrogen-bond donors (Lipinski definition) is 2. The minimum absolute atomic E-state index is 0.000000000000000444. The highest BCUT2D eigenvalue weighted by Gasteiger charge is 1.96. The minimum Gasteiger partial charge on any atom is -0.328 e. The maximum absolute atomic E-state index is 5.37. The average Bonchev–Trinajstić information content (AvgIpc) is 1.27. The lowest BCUT2D eigenvalue weighted by molar-refractivity contribution is 0.611. The van der Waals surface area contributed by atoms with Crippen molar-refractivity contribution >= 4 is 0 Å². The van der Waals surface area contributed by atoms with Crippen LogP contribution in [0, 0.1) is 6.92 Å². The lowest BCUT2D eigenvalue weighted by atomic mass is 10.1. The molecule has 7 heavy (non-hydrogen) atoms. The molecular formula is C5H13N2. The maximum atomic E-state index is 5.37. The summed E-state index contributed by atoms with van der Waals surface area (Å²) in [5.41, 5.74) is 10.7. The van der Waals surface area contributed by atoms with Crippen molar-refractivity contribution in [1.82, 2.24) is 0 Å². The molecule has 0 saturated carbocycles. The fraction of sp³-hybridized carbons (Fsp3) is 0.800. The normalized spacial score (nSPS) is 18.9. The zero-order chi connectivity index (χ0) is 5.86. The molecule has 0 fully saturated rings. The van der Waals surface area contributed by atoms with Gasteiger partial charge in [0.1, 0.15) is 0 Å². The molecule has 0 aliphatic rings. The molecule has 2 atom stereocenters. The summed E-state index contributed by atoms with van der Waals surface area (Å²) in [6, 6.07) is 0.187. The molecule has 0 aromatic rings. The molecule has 0 aliphatic heterocycles. The van der Waals surface area contributed by atoms with Gasteiger partial charge in [-0.25, -0.2) is 0 Å². The van der Waals surface area contributed by atoms with Gasteiger partial charge < -0.3 is 11.5 Å². The Labute approximate surface area is 44.9 Å². The second kappa shape index (κ2) is 2.99. The van der Waals surface area contributed by atoms with Crippen LogP contribution in [0.25, 0.3) is 0 Å². The summed E-state index contributed by atoms with van der Waals surface area (Å²) in [4.78, 5) is 0. The topological polar surface area (TPSA) is 52.0 Å². The molecule has 0 heterocycles. The van der Waals surface area contributed by atoms with Gasteiger partial charge in [-0.15, -0.1) is 0 Å². The molecule has 43 valence electrons. The van der Waals surface area contributed by atoms with Crippen LogP contribution in [-0.4, -0.2) is 12.1 Å². The Hall–Kier alpha value is -0.0800. The van der Waals surface area contributed by atoms with Gasteiger partial charge in [0.2, 0.25) is 0 Å². The van der Waals surface area contributed by atoms with Crippen molar-refractivity contribution in [2.45, 2.75) is 25.4 Å². The van der Waals surface area contributed by atoms with Crippen LogP contribution in [0.3, 0.4) is 0 Å². The van der Waals surface area contributed by atoms with Crippen molar-refractivity contribution < 1.29 is 0 Å². The van der Waals surface area contributed by atoms with E-state index in [1.165, 1.54) is 0 Å². The Morgan fingerprint density at radius 3 is 2.00 bits per heavy atom. The van der Waals surface area contributed by atoms with Crippen molar-refractivity contribution in [3.63, 3.8) is 0 Å². The molecule has 2 heteroatoms. The number of hydrogen-bond acceptors (Lipinski definition) is 2. The van der Waals surface area contributed by atoms with Crippen LogP contribution in [0.5, 0.6) is 0 Å². The van der Waals surface area contributed by atoms with E-state index in [1.54, 1.807) is 0 Å². The second-order valence-corrected chi connectivity index (χ2v) is 1.97. The van der Waals surface area contributed by atoms with Crippen LogP contribution < -0.4 is 11.5 Å². The largest absolute Gasteiger partial charge is 0.328 e. The Morgan fingerprint density at radius 1 is 1.57 bits per heavy atom. The van der Waals surface area contributed by atoms with E-state index >= 15 is 0 Å². The highest BCUT2D eigenvalue weighted by Crippen LogP contribution is 1.87. The quantitative estimate of drug-likeness (QED) is 0.509. The molecule has 0 rings (SSSR count). The predicted octanol–water partition coefficient (Wildman–Crippen LogP) is -0.115. The first-order valence-corrected chi connectivity index (χ1v) is 2.47. The van der Waals surface area contributed by atoms with Gasteiger partial charge in [-0.2, -0.15) is 0 Å². The maximum Gasteiger partial charge on any atom is 0.00540 e. The molecule has 1 radical (unpaired) electrons. The first-order chi connectivity index (χ1) is 3.13. The molecule has 0 amide bonds. The number of rotatable bonds is 2. The summed E-state index contributed by atoms with van der Waals surface area (Å²) in [5, 5.41) is 0. The highest BCUT2D eigenvalue weighted by atomic mass is 14.7. The van der Waals surface area contributed by atoms with Crippen LogP contribution in [0.15, 0.2) is 0 Å². The van der Waals surface area contributed by atoms with Gasteiger partial charge in [-0.3, -0.25) is 0 Å². The van der Waals surface area contributed by atoms with Gasteiger partial charge in [-0.05, 0) is 20.3 Å². The molecule has 0 aromatic heterocycles. The molecule has 0 spiro atoms. The zero-order valence-electron chi connectivity index (χ0n) is 4.72. The van der Waals surface area contributed by atoms with Crippen molar-refractivity contribution in [2.75, 3.05) is 0 Å². The van der Waals surface area contributed by atoms with Crippen LogP contribution >= 0.6 is 0 Å². The molecule has 2 nitrogen and oxygen atoms in total. The lowest BCUT2D eigenvalue weighted by Crippen LogP contribution is -2.26. The third-order valence-corrected chi connectivity index (χ3v) is 0.675. The smallest absolute Gasteiger partial charge is 0.00540 e. The average molecular weight is 101 g/mol. The van der Waals surface area contributed by atoms with Gasteiger partial charge in [-0.1, -0.05) is 0 Å². The SMILES string of the molecule is [CH2]C(N)CC(C)N. The van der Waals surface area contributed by atoms with Crippen LogP contribution in [-0.2, 0) is 0 Å². The fourth-order valence-corrected chi connectivity index (χ4v) is 0.478. The predicted molar refractivity (Wildman–Crippen MR) is 31.6 cm³/mol. The third kappa shape index (κ3) is 5.92. The summed E-state index contributed by atoms with van der Waals surface area (Å²) in [6.07, 6.45) is 0.806. The summed E-state index contributed by atoms with van der Waals surface area (Å²) >= 11 is 0.